The predicted molar refractivity (Wildman–Crippen MR) is 158 cm³/mol. The monoisotopic (exact) mass is 599 g/mol. The van der Waals surface area contributed by atoms with Crippen molar-refractivity contribution >= 4 is 36.4 Å². The van der Waals surface area contributed by atoms with Crippen molar-refractivity contribution in [3.63, 3.8) is 0 Å². The van der Waals surface area contributed by atoms with Gasteiger partial charge >= 0.3 is 7.60 Å². The number of hydrogen-bond donors (Lipinski definition) is 2. The number of methoxy groups -OCH3 is 1. The Kier molecular flexibility index (Phi) is 19.4. The minimum Gasteiger partial charge on any atom is -0.508 e. The number of carbonyl (C=O) groups is 2. The van der Waals surface area contributed by atoms with Crippen LogP contribution in [0.4, 0.5) is 5.13 Å². The number of terminal acetylenes is 1. The number of amides is 2. The summed E-state index contributed by atoms with van der Waals surface area (Å²) in [7, 11) is -0.0150. The number of nitrogens with one attached hydrogen (secondary N) is 1. The Hall–Kier alpha value is -2.94. The maximum Gasteiger partial charge on any atom is 0.336 e. The summed E-state index contributed by atoms with van der Waals surface area (Å²) in [5.74, 6) is -0.116. The van der Waals surface area contributed by atoms with E-state index in [1.54, 1.807) is 44.4 Å². The predicted octanol–water partition coefficient (Wildman–Crippen LogP) is 5.40. The van der Waals surface area contributed by atoms with Crippen LogP contribution >= 0.6 is 18.9 Å². The fourth-order valence-electron chi connectivity index (χ4n) is 3.23. The standard InChI is InChI=1S/C18H25N2O6PS.C5H9NO.C2H6O.C2H2/c1-5-24-27(23,25-6-2)10-14-11-28-18(19-14)20-17(22)13-7-15(21)9-16(8-13)26-12(3)4;7-5-6-3-1-2-4-6;1-3-2;1-2/h7-9,11-12,21H,5-6,10H2,1-4H3,(H,19,20,22);5H,1-4H2;1-2H3;1-2H. The number of carbonyl (C=O) groups excluding carboxylic acids is 2. The Morgan fingerprint density at radius 3 is 2.23 bits per heavy atom. The van der Waals surface area contributed by atoms with Gasteiger partial charge in [-0.1, -0.05) is 0 Å². The van der Waals surface area contributed by atoms with Crippen molar-refractivity contribution in [1.82, 2.24) is 9.88 Å². The molecule has 2 N–H and O–H groups in total. The molecule has 13 heteroatoms. The first-order valence-corrected chi connectivity index (χ1v) is 15.3. The molecule has 0 atom stereocenters. The molecule has 2 aromatic rings. The van der Waals surface area contributed by atoms with Crippen LogP contribution in [0.2, 0.25) is 0 Å². The fourth-order valence-corrected chi connectivity index (χ4v) is 5.66. The topological polar surface area (TPSA) is 137 Å². The zero-order valence-corrected chi connectivity index (χ0v) is 25.8. The smallest absolute Gasteiger partial charge is 0.336 e. The second kappa shape index (κ2) is 20.9. The van der Waals surface area contributed by atoms with Gasteiger partial charge in [-0.2, -0.15) is 0 Å². The van der Waals surface area contributed by atoms with E-state index in [9.17, 15) is 19.3 Å². The average Bonchev–Trinajstić information content (AvgIpc) is 3.58. The van der Waals surface area contributed by atoms with Crippen LogP contribution in [0.3, 0.4) is 0 Å². The number of rotatable bonds is 11. The number of anilines is 1. The lowest BCUT2D eigenvalue weighted by Crippen LogP contribution is -2.15. The van der Waals surface area contributed by atoms with Gasteiger partial charge in [0.1, 0.15) is 11.5 Å². The minimum absolute atomic E-state index is 0.0273. The van der Waals surface area contributed by atoms with Gasteiger partial charge in [0.25, 0.3) is 5.91 Å². The Balaban J connectivity index is 0.00000106. The number of phenolic OH excluding ortho intramolecular Hbond substituents is 1. The van der Waals surface area contributed by atoms with Crippen molar-refractivity contribution in [2.24, 2.45) is 0 Å². The van der Waals surface area contributed by atoms with E-state index in [0.29, 0.717) is 16.6 Å². The van der Waals surface area contributed by atoms with Gasteiger partial charge in [-0.25, -0.2) is 4.98 Å². The van der Waals surface area contributed by atoms with Gasteiger partial charge in [0.2, 0.25) is 6.41 Å². The molecule has 3 rings (SSSR count). The zero-order valence-electron chi connectivity index (χ0n) is 24.1. The van der Waals surface area contributed by atoms with Crippen LogP contribution < -0.4 is 10.1 Å². The largest absolute Gasteiger partial charge is 0.508 e. The van der Waals surface area contributed by atoms with E-state index in [4.69, 9.17) is 13.8 Å². The van der Waals surface area contributed by atoms with E-state index in [0.717, 1.165) is 19.5 Å². The molecule has 1 aromatic carbocycles. The molecule has 1 aliphatic rings. The normalized spacial score (nSPS) is 12.2. The summed E-state index contributed by atoms with van der Waals surface area (Å²) in [6, 6.07) is 4.33. The molecule has 224 valence electrons. The third kappa shape index (κ3) is 15.0. The van der Waals surface area contributed by atoms with E-state index in [2.05, 4.69) is 27.9 Å². The van der Waals surface area contributed by atoms with E-state index >= 15 is 0 Å². The molecule has 1 saturated heterocycles. The van der Waals surface area contributed by atoms with Gasteiger partial charge in [-0.15, -0.1) is 24.2 Å². The molecule has 40 heavy (non-hydrogen) atoms. The van der Waals surface area contributed by atoms with Crippen molar-refractivity contribution in [3.8, 4) is 24.3 Å². The van der Waals surface area contributed by atoms with Gasteiger partial charge in [-0.3, -0.25) is 19.5 Å². The number of phenols is 1. The third-order valence-electron chi connectivity index (χ3n) is 4.59. The lowest BCUT2D eigenvalue weighted by molar-refractivity contribution is -0.117. The maximum absolute atomic E-state index is 12.6. The summed E-state index contributed by atoms with van der Waals surface area (Å²) in [4.78, 5) is 28.5. The molecule has 0 unspecified atom stereocenters. The summed E-state index contributed by atoms with van der Waals surface area (Å²) < 4.78 is 32.9. The molecule has 1 aromatic heterocycles. The SMILES string of the molecule is C#C.CCOP(=O)(Cc1csc(NC(=O)c2cc(O)cc(OC(C)C)c2)n1)OCC.COC.O=CN1CCCC1. The Labute approximate surface area is 241 Å². The first-order chi connectivity index (χ1) is 19.1. The van der Waals surface area contributed by atoms with Crippen LogP contribution in [0.1, 0.15) is 56.6 Å². The average molecular weight is 600 g/mol. The molecule has 11 nitrogen and oxygen atoms in total. The van der Waals surface area contributed by atoms with Gasteiger partial charge in [0.05, 0.1) is 31.2 Å². The molecule has 0 bridgehead atoms. The summed E-state index contributed by atoms with van der Waals surface area (Å²) in [5.41, 5.74) is 0.743. The Morgan fingerprint density at radius 1 is 1.18 bits per heavy atom. The summed E-state index contributed by atoms with van der Waals surface area (Å²) >= 11 is 1.20. The number of thiazole rings is 1. The lowest BCUT2D eigenvalue weighted by atomic mass is 10.2. The molecule has 1 fully saturated rings. The zero-order chi connectivity index (χ0) is 30.6. The summed E-state index contributed by atoms with van der Waals surface area (Å²) in [6.45, 7) is 9.67. The molecule has 1 aliphatic heterocycles. The summed E-state index contributed by atoms with van der Waals surface area (Å²) in [5, 5.41) is 14.5. The van der Waals surface area contributed by atoms with Crippen molar-refractivity contribution < 1.29 is 37.8 Å². The molecule has 2 amide bonds. The van der Waals surface area contributed by atoms with E-state index in [1.807, 2.05) is 13.8 Å². The number of likely N-dealkylation sites (tertiary alicyclic amines) is 1. The van der Waals surface area contributed by atoms with Crippen molar-refractivity contribution in [1.29, 1.82) is 0 Å². The van der Waals surface area contributed by atoms with E-state index < -0.39 is 13.5 Å². The highest BCUT2D eigenvalue weighted by Gasteiger charge is 2.25. The van der Waals surface area contributed by atoms with E-state index in [-0.39, 0.29) is 36.8 Å². The third-order valence-corrected chi connectivity index (χ3v) is 7.42. The molecular weight excluding hydrogens is 557 g/mol. The minimum atomic E-state index is -3.27. The lowest BCUT2D eigenvalue weighted by Gasteiger charge is -2.15. The number of aromatic nitrogens is 1. The second-order valence-corrected chi connectivity index (χ2v) is 11.3. The maximum atomic E-state index is 12.6. The number of benzene rings is 1. The quantitative estimate of drug-likeness (QED) is 0.197. The van der Waals surface area contributed by atoms with Crippen molar-refractivity contribution in [2.45, 2.75) is 52.8 Å². The van der Waals surface area contributed by atoms with E-state index in [1.165, 1.54) is 36.3 Å². The van der Waals surface area contributed by atoms with Gasteiger partial charge in [0.15, 0.2) is 5.13 Å². The van der Waals surface area contributed by atoms with Gasteiger partial charge < -0.3 is 28.5 Å². The van der Waals surface area contributed by atoms with Crippen LogP contribution in [0.15, 0.2) is 23.6 Å². The van der Waals surface area contributed by atoms with Crippen LogP contribution in [0.25, 0.3) is 0 Å². The molecule has 0 spiro atoms. The van der Waals surface area contributed by atoms with Gasteiger partial charge in [-0.05, 0) is 52.7 Å². The molecule has 0 aliphatic carbocycles. The van der Waals surface area contributed by atoms with Crippen LogP contribution in [0.5, 0.6) is 11.5 Å². The van der Waals surface area contributed by atoms with Gasteiger partial charge in [0, 0.05) is 44.3 Å². The first-order valence-electron chi connectivity index (χ1n) is 12.7. The molecule has 0 saturated carbocycles. The molecule has 0 radical (unpaired) electrons. The number of nitrogens with zero attached hydrogens (tertiary/aromatic N) is 2. The highest BCUT2D eigenvalue weighted by atomic mass is 32.1. The number of hydrogen-bond acceptors (Lipinski definition) is 10. The number of ether oxygens (including phenoxy) is 2. The fraction of sp³-hybridized carbons (Fsp3) is 0.519. The Bertz CT molecular complexity index is 1060. The first kappa shape index (κ1) is 37.1. The van der Waals surface area contributed by atoms with Crippen LogP contribution in [0, 0.1) is 12.8 Å². The summed E-state index contributed by atoms with van der Waals surface area (Å²) in [6.07, 6.45) is 11.2. The highest BCUT2D eigenvalue weighted by molar-refractivity contribution is 7.53. The van der Waals surface area contributed by atoms with Crippen molar-refractivity contribution in [3.05, 3.63) is 34.8 Å². The van der Waals surface area contributed by atoms with Crippen LogP contribution in [-0.4, -0.2) is 73.9 Å². The van der Waals surface area contributed by atoms with Crippen LogP contribution in [-0.2, 0) is 29.3 Å². The molecule has 2 heterocycles. The Morgan fingerprint density at radius 2 is 1.75 bits per heavy atom. The number of aromatic hydroxyl groups is 1. The van der Waals surface area contributed by atoms with Crippen molar-refractivity contribution in [2.75, 3.05) is 45.8 Å². The second-order valence-electron chi connectivity index (χ2n) is 8.34. The highest BCUT2D eigenvalue weighted by Crippen LogP contribution is 2.51. The molecular formula is C27H42N3O8PS.